The van der Waals surface area contributed by atoms with E-state index in [9.17, 15) is 9.59 Å². The second-order valence-electron chi connectivity index (χ2n) is 6.34. The molecule has 2 amide bonds. The smallest absolute Gasteiger partial charge is 0.239 e. The molecule has 0 saturated carbocycles. The second kappa shape index (κ2) is 8.48. The molecule has 0 radical (unpaired) electrons. The molecule has 0 aromatic heterocycles. The van der Waals surface area contributed by atoms with E-state index < -0.39 is 5.41 Å². The fourth-order valence-electron chi connectivity index (χ4n) is 2.31. The average molecular weight is 383 g/mol. The van der Waals surface area contributed by atoms with E-state index in [1.165, 1.54) is 0 Å². The zero-order valence-corrected chi connectivity index (χ0v) is 16.3. The number of amides is 2. The van der Waals surface area contributed by atoms with Crippen LogP contribution in [0.4, 0.5) is 5.69 Å². The number of benzene rings is 1. The van der Waals surface area contributed by atoms with Crippen molar-refractivity contribution in [3.8, 4) is 0 Å². The summed E-state index contributed by atoms with van der Waals surface area (Å²) in [4.78, 5) is 27.1. The fraction of sp³-hybridized carbons (Fsp3) is 0.556. The normalized spacial score (nSPS) is 11.2. The Morgan fingerprint density at radius 2 is 1.74 bits per heavy atom. The Hall–Kier alpha value is -1.36. The summed E-state index contributed by atoms with van der Waals surface area (Å²) in [6.45, 7) is 10.8. The molecule has 0 aliphatic heterocycles. The van der Waals surface area contributed by atoms with Crippen molar-refractivity contribution in [1.82, 2.24) is 4.90 Å². The highest BCUT2D eigenvalue weighted by Gasteiger charge is 2.38. The van der Waals surface area contributed by atoms with Crippen molar-refractivity contribution in [3.63, 3.8) is 0 Å². The van der Waals surface area contributed by atoms with Gasteiger partial charge in [-0.15, -0.1) is 0 Å². The quantitative estimate of drug-likeness (QED) is 0.711. The van der Waals surface area contributed by atoms with E-state index in [-0.39, 0.29) is 11.8 Å². The van der Waals surface area contributed by atoms with Gasteiger partial charge >= 0.3 is 0 Å². The molecule has 4 nitrogen and oxygen atoms in total. The standard InChI is InChI=1S/C18H27BrN2O2/c1-6-10-21(11-7-2)17(23)18(4,5)16(22)20-14-9-8-13(3)15(19)12-14/h8-9,12H,6-7,10-11H2,1-5H3,(H,20,22). The summed E-state index contributed by atoms with van der Waals surface area (Å²) in [5.41, 5.74) is 0.683. The number of aryl methyl sites for hydroxylation is 1. The number of anilines is 1. The maximum absolute atomic E-state index is 12.8. The molecule has 1 N–H and O–H groups in total. The lowest BCUT2D eigenvalue weighted by atomic mass is 9.90. The Labute approximate surface area is 147 Å². The lowest BCUT2D eigenvalue weighted by Crippen LogP contribution is -2.47. The van der Waals surface area contributed by atoms with E-state index in [1.807, 2.05) is 39.0 Å². The van der Waals surface area contributed by atoms with Gasteiger partial charge in [0.15, 0.2) is 0 Å². The minimum Gasteiger partial charge on any atom is -0.342 e. The summed E-state index contributed by atoms with van der Waals surface area (Å²) in [7, 11) is 0. The third kappa shape index (κ3) is 5.06. The van der Waals surface area contributed by atoms with Gasteiger partial charge in [0.2, 0.25) is 11.8 Å². The van der Waals surface area contributed by atoms with Gasteiger partial charge in [0.05, 0.1) is 0 Å². The van der Waals surface area contributed by atoms with Gasteiger partial charge in [-0.05, 0) is 51.3 Å². The monoisotopic (exact) mass is 382 g/mol. The first kappa shape index (κ1) is 19.7. The van der Waals surface area contributed by atoms with Crippen LogP contribution < -0.4 is 5.32 Å². The molecule has 0 heterocycles. The third-order valence-corrected chi connectivity index (χ3v) is 4.66. The number of halogens is 1. The van der Waals surface area contributed by atoms with Crippen LogP contribution in [0, 0.1) is 12.3 Å². The zero-order chi connectivity index (χ0) is 17.6. The molecule has 1 aromatic rings. The maximum atomic E-state index is 12.8. The van der Waals surface area contributed by atoms with Crippen LogP contribution in [0.15, 0.2) is 22.7 Å². The van der Waals surface area contributed by atoms with E-state index >= 15 is 0 Å². The van der Waals surface area contributed by atoms with Crippen molar-refractivity contribution in [2.24, 2.45) is 5.41 Å². The molecule has 0 aliphatic carbocycles. The van der Waals surface area contributed by atoms with E-state index in [2.05, 4.69) is 21.2 Å². The number of nitrogens with zero attached hydrogens (tertiary/aromatic N) is 1. The molecule has 1 aromatic carbocycles. The van der Waals surface area contributed by atoms with Gasteiger partial charge < -0.3 is 10.2 Å². The molecule has 0 unspecified atom stereocenters. The number of nitrogens with one attached hydrogen (secondary N) is 1. The lowest BCUT2D eigenvalue weighted by molar-refractivity contribution is -0.146. The number of rotatable bonds is 7. The Morgan fingerprint density at radius 3 is 2.22 bits per heavy atom. The van der Waals surface area contributed by atoms with Crippen molar-refractivity contribution in [2.75, 3.05) is 18.4 Å². The molecule has 0 bridgehead atoms. The number of carbonyl (C=O) groups excluding carboxylic acids is 2. The van der Waals surface area contributed by atoms with Crippen LogP contribution in [0.2, 0.25) is 0 Å². The summed E-state index contributed by atoms with van der Waals surface area (Å²) in [5.74, 6) is -0.402. The zero-order valence-electron chi connectivity index (χ0n) is 14.7. The van der Waals surface area contributed by atoms with Crippen molar-refractivity contribution in [1.29, 1.82) is 0 Å². The topological polar surface area (TPSA) is 49.4 Å². The van der Waals surface area contributed by atoms with E-state index in [1.54, 1.807) is 18.7 Å². The number of hydrogen-bond acceptors (Lipinski definition) is 2. The molecular formula is C18H27BrN2O2. The number of carbonyl (C=O) groups is 2. The van der Waals surface area contributed by atoms with Crippen LogP contribution in [0.5, 0.6) is 0 Å². The highest BCUT2D eigenvalue weighted by Crippen LogP contribution is 2.25. The predicted octanol–water partition coefficient (Wildman–Crippen LogP) is 4.37. The minimum atomic E-state index is -1.10. The molecule has 0 atom stereocenters. The second-order valence-corrected chi connectivity index (χ2v) is 7.19. The van der Waals surface area contributed by atoms with E-state index in [0.717, 1.165) is 22.9 Å². The van der Waals surface area contributed by atoms with Gasteiger partial charge in [0, 0.05) is 23.2 Å². The van der Waals surface area contributed by atoms with Crippen molar-refractivity contribution < 1.29 is 9.59 Å². The molecule has 5 heteroatoms. The SMILES string of the molecule is CCCN(CCC)C(=O)C(C)(C)C(=O)Nc1ccc(C)c(Br)c1. The van der Waals surface area contributed by atoms with Gasteiger partial charge in [0.25, 0.3) is 0 Å². The predicted molar refractivity (Wildman–Crippen MR) is 98.5 cm³/mol. The van der Waals surface area contributed by atoms with Crippen LogP contribution in [-0.2, 0) is 9.59 Å². The summed E-state index contributed by atoms with van der Waals surface area (Å²) in [6.07, 6.45) is 1.77. The summed E-state index contributed by atoms with van der Waals surface area (Å²) >= 11 is 3.45. The molecule has 128 valence electrons. The lowest BCUT2D eigenvalue weighted by Gasteiger charge is -2.30. The Balaban J connectivity index is 2.89. The molecule has 0 saturated heterocycles. The average Bonchev–Trinajstić information content (AvgIpc) is 2.50. The van der Waals surface area contributed by atoms with Gasteiger partial charge in [-0.3, -0.25) is 9.59 Å². The molecule has 0 aliphatic rings. The van der Waals surface area contributed by atoms with Crippen LogP contribution in [0.25, 0.3) is 0 Å². The third-order valence-electron chi connectivity index (χ3n) is 3.81. The Bertz CT molecular complexity index is 564. The van der Waals surface area contributed by atoms with Gasteiger partial charge in [-0.2, -0.15) is 0 Å². The first-order chi connectivity index (χ1) is 10.7. The largest absolute Gasteiger partial charge is 0.342 e. The summed E-state index contributed by atoms with van der Waals surface area (Å²) in [6, 6.07) is 5.62. The van der Waals surface area contributed by atoms with Crippen LogP contribution in [0.3, 0.4) is 0 Å². The van der Waals surface area contributed by atoms with Crippen molar-refractivity contribution >= 4 is 33.4 Å². The summed E-state index contributed by atoms with van der Waals surface area (Å²) in [5, 5.41) is 2.85. The first-order valence-electron chi connectivity index (χ1n) is 8.11. The summed E-state index contributed by atoms with van der Waals surface area (Å²) < 4.78 is 0.929. The van der Waals surface area contributed by atoms with Gasteiger partial charge in [-0.25, -0.2) is 0 Å². The van der Waals surface area contributed by atoms with Crippen molar-refractivity contribution in [3.05, 3.63) is 28.2 Å². The van der Waals surface area contributed by atoms with Gasteiger partial charge in [-0.1, -0.05) is 35.8 Å². The van der Waals surface area contributed by atoms with Gasteiger partial charge in [0.1, 0.15) is 5.41 Å². The molecular weight excluding hydrogens is 356 g/mol. The van der Waals surface area contributed by atoms with E-state index in [0.29, 0.717) is 18.8 Å². The minimum absolute atomic E-state index is 0.120. The highest BCUT2D eigenvalue weighted by molar-refractivity contribution is 9.10. The number of hydrogen-bond donors (Lipinski definition) is 1. The molecule has 0 spiro atoms. The maximum Gasteiger partial charge on any atom is 0.239 e. The van der Waals surface area contributed by atoms with Crippen LogP contribution in [-0.4, -0.2) is 29.8 Å². The Kier molecular flexibility index (Phi) is 7.26. The first-order valence-corrected chi connectivity index (χ1v) is 8.90. The Morgan fingerprint density at radius 1 is 1.17 bits per heavy atom. The van der Waals surface area contributed by atoms with Crippen LogP contribution >= 0.6 is 15.9 Å². The molecule has 0 fully saturated rings. The fourth-order valence-corrected chi connectivity index (χ4v) is 2.68. The van der Waals surface area contributed by atoms with Crippen LogP contribution in [0.1, 0.15) is 46.1 Å². The molecule has 1 rings (SSSR count). The van der Waals surface area contributed by atoms with E-state index in [4.69, 9.17) is 0 Å². The van der Waals surface area contributed by atoms with Crippen molar-refractivity contribution in [2.45, 2.75) is 47.5 Å². The highest BCUT2D eigenvalue weighted by atomic mass is 79.9. The molecule has 23 heavy (non-hydrogen) atoms.